The summed E-state index contributed by atoms with van der Waals surface area (Å²) in [6.45, 7) is 4.01. The molecule has 0 spiro atoms. The molecule has 130 valence electrons. The van der Waals surface area contributed by atoms with Crippen LogP contribution in [0.5, 0.6) is 5.75 Å². The van der Waals surface area contributed by atoms with Crippen molar-refractivity contribution < 1.29 is 13.2 Å². The van der Waals surface area contributed by atoms with Gasteiger partial charge in [-0.25, -0.2) is 8.42 Å². The molecule has 0 unspecified atom stereocenters. The molecule has 7 heteroatoms. The van der Waals surface area contributed by atoms with Gasteiger partial charge in [-0.3, -0.25) is 4.99 Å². The summed E-state index contributed by atoms with van der Waals surface area (Å²) in [5, 5.41) is 6.41. The minimum absolute atomic E-state index is 0.168. The normalized spacial score (nSPS) is 12.0. The second-order valence-corrected chi connectivity index (χ2v) is 7.53. The first-order chi connectivity index (χ1) is 10.9. The largest absolute Gasteiger partial charge is 0.497 e. The highest BCUT2D eigenvalue weighted by atomic mass is 32.2. The van der Waals surface area contributed by atoms with E-state index in [1.165, 1.54) is 11.8 Å². The molecule has 0 fully saturated rings. The van der Waals surface area contributed by atoms with Crippen LogP contribution in [0.3, 0.4) is 0 Å². The standard InChI is InChI=1S/C16H27N3O3S/c1-4-17-16(18-11-5-13-23(3,20)21)19-12-10-14-6-8-15(22-2)9-7-14/h6-9H,4-5,10-13H2,1-3H3,(H2,17,18,19). The first-order valence-corrected chi connectivity index (χ1v) is 9.83. The SMILES string of the molecule is CCNC(=NCCCS(C)(=O)=O)NCCc1ccc(OC)cc1. The minimum atomic E-state index is -2.91. The molecule has 0 bridgehead atoms. The van der Waals surface area contributed by atoms with Crippen molar-refractivity contribution in [1.82, 2.24) is 10.6 Å². The number of methoxy groups -OCH3 is 1. The van der Waals surface area contributed by atoms with Crippen molar-refractivity contribution in [3.8, 4) is 5.75 Å². The third-order valence-electron chi connectivity index (χ3n) is 3.15. The molecule has 1 aromatic carbocycles. The van der Waals surface area contributed by atoms with Gasteiger partial charge in [0.15, 0.2) is 5.96 Å². The van der Waals surface area contributed by atoms with Crippen molar-refractivity contribution in [3.63, 3.8) is 0 Å². The van der Waals surface area contributed by atoms with Crippen LogP contribution in [0.1, 0.15) is 18.9 Å². The molecule has 1 aromatic rings. The quantitative estimate of drug-likeness (QED) is 0.401. The molecule has 0 amide bonds. The fourth-order valence-corrected chi connectivity index (χ4v) is 2.63. The second-order valence-electron chi connectivity index (χ2n) is 5.27. The van der Waals surface area contributed by atoms with E-state index < -0.39 is 9.84 Å². The molecule has 0 heterocycles. The Bertz CT molecular complexity index is 583. The monoisotopic (exact) mass is 341 g/mol. The fourth-order valence-electron chi connectivity index (χ4n) is 1.98. The lowest BCUT2D eigenvalue weighted by Crippen LogP contribution is -2.38. The first kappa shape index (κ1) is 19.3. The highest BCUT2D eigenvalue weighted by Crippen LogP contribution is 2.11. The van der Waals surface area contributed by atoms with Gasteiger partial charge in [-0.2, -0.15) is 0 Å². The van der Waals surface area contributed by atoms with Crippen molar-refractivity contribution in [2.45, 2.75) is 19.8 Å². The highest BCUT2D eigenvalue weighted by molar-refractivity contribution is 7.90. The Hall–Kier alpha value is -1.76. The Labute approximate surface area is 139 Å². The van der Waals surface area contributed by atoms with Crippen molar-refractivity contribution >= 4 is 15.8 Å². The van der Waals surface area contributed by atoms with E-state index in [1.54, 1.807) is 7.11 Å². The Morgan fingerprint density at radius 1 is 1.22 bits per heavy atom. The average Bonchev–Trinajstić information content (AvgIpc) is 2.51. The van der Waals surface area contributed by atoms with Gasteiger partial charge in [-0.1, -0.05) is 12.1 Å². The molecule has 0 aliphatic heterocycles. The van der Waals surface area contributed by atoms with Crippen molar-refractivity contribution in [2.75, 3.05) is 38.8 Å². The lowest BCUT2D eigenvalue weighted by molar-refractivity contribution is 0.414. The number of hydrogen-bond acceptors (Lipinski definition) is 4. The third-order valence-corrected chi connectivity index (χ3v) is 4.18. The summed E-state index contributed by atoms with van der Waals surface area (Å²) in [7, 11) is -1.26. The van der Waals surface area contributed by atoms with Crippen LogP contribution in [0.15, 0.2) is 29.3 Å². The molecule has 0 atom stereocenters. The molecule has 2 N–H and O–H groups in total. The first-order valence-electron chi connectivity index (χ1n) is 7.77. The molecule has 0 saturated heterocycles. The van der Waals surface area contributed by atoms with Crippen LogP contribution in [0, 0.1) is 0 Å². The predicted octanol–water partition coefficient (Wildman–Crippen LogP) is 1.23. The van der Waals surface area contributed by atoms with E-state index in [2.05, 4.69) is 15.6 Å². The number of aliphatic imine (C=N–C) groups is 1. The number of ether oxygens (including phenoxy) is 1. The molecular formula is C16H27N3O3S. The summed E-state index contributed by atoms with van der Waals surface area (Å²) in [6.07, 6.45) is 2.65. The number of nitrogens with one attached hydrogen (secondary N) is 2. The molecule has 0 saturated carbocycles. The highest BCUT2D eigenvalue weighted by Gasteiger charge is 2.02. The van der Waals surface area contributed by atoms with Crippen molar-refractivity contribution in [1.29, 1.82) is 0 Å². The summed E-state index contributed by atoms with van der Waals surface area (Å²) in [6, 6.07) is 7.97. The van der Waals surface area contributed by atoms with E-state index in [0.29, 0.717) is 13.0 Å². The van der Waals surface area contributed by atoms with E-state index in [9.17, 15) is 8.42 Å². The summed E-state index contributed by atoms with van der Waals surface area (Å²) in [5.74, 6) is 1.74. The summed E-state index contributed by atoms with van der Waals surface area (Å²) < 4.78 is 27.3. The second kappa shape index (κ2) is 10.1. The van der Waals surface area contributed by atoms with Gasteiger partial charge < -0.3 is 15.4 Å². The Morgan fingerprint density at radius 2 is 1.91 bits per heavy atom. The predicted molar refractivity (Wildman–Crippen MR) is 95.0 cm³/mol. The third kappa shape index (κ3) is 9.07. The van der Waals surface area contributed by atoms with Gasteiger partial charge in [0.05, 0.1) is 12.9 Å². The Balaban J connectivity index is 2.39. The van der Waals surface area contributed by atoms with Gasteiger partial charge in [0.1, 0.15) is 15.6 Å². The van der Waals surface area contributed by atoms with Crippen LogP contribution < -0.4 is 15.4 Å². The zero-order valence-corrected chi connectivity index (χ0v) is 14.9. The van der Waals surface area contributed by atoms with Crippen molar-refractivity contribution in [3.05, 3.63) is 29.8 Å². The van der Waals surface area contributed by atoms with E-state index in [4.69, 9.17) is 4.74 Å². The maximum absolute atomic E-state index is 11.1. The molecule has 23 heavy (non-hydrogen) atoms. The molecule has 1 rings (SSSR count). The maximum atomic E-state index is 11.1. The van der Waals surface area contributed by atoms with Crippen LogP contribution in [-0.4, -0.2) is 53.1 Å². The van der Waals surface area contributed by atoms with Crippen LogP contribution >= 0.6 is 0 Å². The fraction of sp³-hybridized carbons (Fsp3) is 0.562. The number of nitrogens with zero attached hydrogens (tertiary/aromatic N) is 1. The number of sulfone groups is 1. The molecular weight excluding hydrogens is 314 g/mol. The van der Waals surface area contributed by atoms with Gasteiger partial charge in [0.25, 0.3) is 0 Å². The van der Waals surface area contributed by atoms with E-state index in [0.717, 1.165) is 31.2 Å². The van der Waals surface area contributed by atoms with Crippen LogP contribution in [0.2, 0.25) is 0 Å². The van der Waals surface area contributed by atoms with Gasteiger partial charge in [-0.05, 0) is 37.5 Å². The van der Waals surface area contributed by atoms with Crippen LogP contribution in [-0.2, 0) is 16.3 Å². The molecule has 0 radical (unpaired) electrons. The molecule has 0 aliphatic carbocycles. The van der Waals surface area contributed by atoms with Crippen molar-refractivity contribution in [2.24, 2.45) is 4.99 Å². The van der Waals surface area contributed by atoms with Crippen LogP contribution in [0.4, 0.5) is 0 Å². The van der Waals surface area contributed by atoms with E-state index in [1.807, 2.05) is 31.2 Å². The summed E-state index contributed by atoms with van der Waals surface area (Å²) >= 11 is 0. The average molecular weight is 341 g/mol. The maximum Gasteiger partial charge on any atom is 0.191 e. The van der Waals surface area contributed by atoms with Gasteiger partial charge in [0, 0.05) is 25.9 Å². The van der Waals surface area contributed by atoms with Gasteiger partial charge in [-0.15, -0.1) is 0 Å². The summed E-state index contributed by atoms with van der Waals surface area (Å²) in [5.41, 5.74) is 1.21. The minimum Gasteiger partial charge on any atom is -0.497 e. The zero-order chi connectivity index (χ0) is 17.1. The lowest BCUT2D eigenvalue weighted by atomic mass is 10.1. The van der Waals surface area contributed by atoms with Gasteiger partial charge >= 0.3 is 0 Å². The molecule has 0 aliphatic rings. The number of hydrogen-bond donors (Lipinski definition) is 2. The van der Waals surface area contributed by atoms with Gasteiger partial charge in [0.2, 0.25) is 0 Å². The zero-order valence-electron chi connectivity index (χ0n) is 14.1. The topological polar surface area (TPSA) is 79.8 Å². The molecule has 0 aromatic heterocycles. The summed E-state index contributed by atoms with van der Waals surface area (Å²) in [4.78, 5) is 4.39. The molecule has 6 nitrogen and oxygen atoms in total. The lowest BCUT2D eigenvalue weighted by Gasteiger charge is -2.11. The number of benzene rings is 1. The van der Waals surface area contributed by atoms with E-state index >= 15 is 0 Å². The number of rotatable bonds is 9. The Kier molecular flexibility index (Phi) is 8.47. The smallest absolute Gasteiger partial charge is 0.191 e. The Morgan fingerprint density at radius 3 is 2.48 bits per heavy atom. The number of guanidine groups is 1. The van der Waals surface area contributed by atoms with E-state index in [-0.39, 0.29) is 5.75 Å². The van der Waals surface area contributed by atoms with Crippen LogP contribution in [0.25, 0.3) is 0 Å².